The van der Waals surface area contributed by atoms with Gasteiger partial charge in [0.05, 0.1) is 26.3 Å². The van der Waals surface area contributed by atoms with Crippen molar-refractivity contribution in [2.24, 2.45) is 5.92 Å². The molecule has 0 radical (unpaired) electrons. The Bertz CT molecular complexity index is 1120. The molecule has 7 nitrogen and oxygen atoms in total. The van der Waals surface area contributed by atoms with E-state index in [0.29, 0.717) is 25.1 Å². The highest BCUT2D eigenvalue weighted by molar-refractivity contribution is 7.89. The largest absolute Gasteiger partial charge is 0.396 e. The normalized spacial score (nSPS) is 16.0. The average Bonchev–Trinajstić information content (AvgIpc) is 2.75. The number of carbonyl (C=O) groups excluding carboxylic acids is 1. The second-order valence-electron chi connectivity index (χ2n) is 7.99. The molecule has 2 aromatic carbocycles. The highest BCUT2D eigenvalue weighted by atomic mass is 35.5. The van der Waals surface area contributed by atoms with Gasteiger partial charge in [0.15, 0.2) is 0 Å². The van der Waals surface area contributed by atoms with Crippen molar-refractivity contribution < 1.29 is 22.0 Å². The molecule has 1 saturated heterocycles. The summed E-state index contributed by atoms with van der Waals surface area (Å²) in [6, 6.07) is 3.89. The van der Waals surface area contributed by atoms with Crippen LogP contribution in [-0.2, 0) is 14.8 Å². The number of likely N-dealkylation sites (tertiary alicyclic amines) is 1. The number of hydrogen-bond donors (Lipinski definition) is 3. The molecule has 1 aliphatic rings. The maximum absolute atomic E-state index is 14.1. The zero-order valence-corrected chi connectivity index (χ0v) is 20.1. The molecule has 1 unspecified atom stereocenters. The van der Waals surface area contributed by atoms with E-state index in [0.717, 1.165) is 31.0 Å². The third kappa shape index (κ3) is 6.26. The van der Waals surface area contributed by atoms with Crippen LogP contribution >= 0.6 is 23.2 Å². The molecule has 12 heteroatoms. The van der Waals surface area contributed by atoms with Crippen LogP contribution in [0.25, 0.3) is 0 Å². The Morgan fingerprint density at radius 1 is 1.18 bits per heavy atom. The van der Waals surface area contributed by atoms with Crippen LogP contribution in [0.3, 0.4) is 0 Å². The second kappa shape index (κ2) is 10.4. The molecule has 1 heterocycles. The molecule has 1 atom stereocenters. The molecular weight excluding hydrogens is 497 g/mol. The van der Waals surface area contributed by atoms with Gasteiger partial charge in [-0.1, -0.05) is 30.1 Å². The number of carbonyl (C=O) groups is 1. The fourth-order valence-electron chi connectivity index (χ4n) is 3.45. The fourth-order valence-corrected chi connectivity index (χ4v) is 5.30. The number of nitrogens with zero attached hydrogens (tertiary/aromatic N) is 1. The maximum Gasteiger partial charge on any atom is 0.242 e. The zero-order chi connectivity index (χ0) is 24.3. The summed E-state index contributed by atoms with van der Waals surface area (Å²) in [4.78, 5) is 14.5. The quantitative estimate of drug-likeness (QED) is 0.480. The molecule has 0 spiro atoms. The number of rotatable bonds is 7. The van der Waals surface area contributed by atoms with Crippen molar-refractivity contribution in [2.75, 3.05) is 30.7 Å². The topological polar surface area (TPSA) is 105 Å². The van der Waals surface area contributed by atoms with Crippen LogP contribution in [-0.4, -0.2) is 44.9 Å². The molecule has 0 bridgehead atoms. The van der Waals surface area contributed by atoms with E-state index in [4.69, 9.17) is 28.9 Å². The van der Waals surface area contributed by atoms with Crippen LogP contribution in [0.15, 0.2) is 35.2 Å². The molecular formula is C21H24Cl2F2N4O3S. The van der Waals surface area contributed by atoms with Gasteiger partial charge in [-0.2, -0.15) is 4.72 Å². The van der Waals surface area contributed by atoms with Gasteiger partial charge in [-0.05, 0) is 43.0 Å². The number of benzene rings is 2. The molecule has 1 amide bonds. The van der Waals surface area contributed by atoms with Gasteiger partial charge >= 0.3 is 0 Å². The van der Waals surface area contributed by atoms with Crippen LogP contribution < -0.4 is 15.8 Å². The van der Waals surface area contributed by atoms with Gasteiger partial charge in [-0.15, -0.1) is 0 Å². The maximum atomic E-state index is 14.1. The summed E-state index contributed by atoms with van der Waals surface area (Å²) in [5.41, 5.74) is 5.64. The first kappa shape index (κ1) is 25.5. The molecule has 3 rings (SSSR count). The van der Waals surface area contributed by atoms with E-state index in [1.807, 2.05) is 0 Å². The van der Waals surface area contributed by atoms with Crippen molar-refractivity contribution in [3.63, 3.8) is 0 Å². The van der Waals surface area contributed by atoms with Gasteiger partial charge < -0.3 is 16.0 Å². The number of nitrogens with two attached hydrogens (primary N) is 1. The minimum atomic E-state index is -4.25. The van der Waals surface area contributed by atoms with Crippen molar-refractivity contribution in [1.29, 1.82) is 0 Å². The van der Waals surface area contributed by atoms with E-state index in [-0.39, 0.29) is 32.9 Å². The lowest BCUT2D eigenvalue weighted by Gasteiger charge is -2.33. The Hall–Kier alpha value is -2.14. The van der Waals surface area contributed by atoms with Crippen LogP contribution in [0, 0.1) is 17.6 Å². The molecule has 0 saturated carbocycles. The smallest absolute Gasteiger partial charge is 0.242 e. The van der Waals surface area contributed by atoms with Gasteiger partial charge in [0.25, 0.3) is 0 Å². The van der Waals surface area contributed by atoms with Crippen molar-refractivity contribution in [3.05, 3.63) is 52.0 Å². The molecule has 1 fully saturated rings. The monoisotopic (exact) mass is 520 g/mol. The second-order valence-corrected chi connectivity index (χ2v) is 10.5. The Kier molecular flexibility index (Phi) is 8.04. The number of halogens is 4. The first-order valence-electron chi connectivity index (χ1n) is 10.2. The number of anilines is 2. The number of sulfonamides is 1. The summed E-state index contributed by atoms with van der Waals surface area (Å²) in [5.74, 6) is -1.64. The Morgan fingerprint density at radius 3 is 2.36 bits per heavy atom. The van der Waals surface area contributed by atoms with Crippen LogP contribution in [0.4, 0.5) is 20.2 Å². The lowest BCUT2D eigenvalue weighted by Crippen LogP contribution is -2.53. The van der Waals surface area contributed by atoms with E-state index in [2.05, 4.69) is 17.0 Å². The molecule has 0 aliphatic carbocycles. The van der Waals surface area contributed by atoms with Gasteiger partial charge in [0.2, 0.25) is 15.9 Å². The van der Waals surface area contributed by atoms with E-state index in [1.54, 1.807) is 4.90 Å². The van der Waals surface area contributed by atoms with E-state index in [1.165, 1.54) is 6.07 Å². The average molecular weight is 521 g/mol. The molecule has 0 aromatic heterocycles. The van der Waals surface area contributed by atoms with Gasteiger partial charge in [0, 0.05) is 25.7 Å². The van der Waals surface area contributed by atoms with E-state index in [9.17, 15) is 22.0 Å². The lowest BCUT2D eigenvalue weighted by atomic mass is 9.99. The third-order valence-corrected chi connectivity index (χ3v) is 7.56. The summed E-state index contributed by atoms with van der Waals surface area (Å²) in [6.45, 7) is 2.75. The lowest BCUT2D eigenvalue weighted by molar-refractivity contribution is -0.134. The predicted octanol–water partition coefficient (Wildman–Crippen LogP) is 3.87. The standard InChI is InChI=1S/C21H24Cl2F2N4O3S/c1-12-4-6-29(7-5-12)21(30)19(11-27-18-3-2-13(24)8-17(18)25)28-33(31,32)14-9-15(22)20(26)16(23)10-14/h2-3,8-10,12,19,27-28H,4-7,11,26H2,1H3. The minimum absolute atomic E-state index is 0.0285. The summed E-state index contributed by atoms with van der Waals surface area (Å²) < 4.78 is 55.7. The summed E-state index contributed by atoms with van der Waals surface area (Å²) >= 11 is 11.9. The van der Waals surface area contributed by atoms with Gasteiger partial charge in [-0.25, -0.2) is 17.2 Å². The van der Waals surface area contributed by atoms with Crippen LogP contribution in [0.2, 0.25) is 10.0 Å². The number of nitrogens with one attached hydrogen (secondary N) is 2. The summed E-state index contributed by atoms with van der Waals surface area (Å²) in [5, 5.41) is 2.58. The van der Waals surface area contributed by atoms with Crippen molar-refractivity contribution in [2.45, 2.75) is 30.7 Å². The third-order valence-electron chi connectivity index (χ3n) is 5.48. The molecule has 33 heavy (non-hydrogen) atoms. The Balaban J connectivity index is 1.86. The van der Waals surface area contributed by atoms with Crippen LogP contribution in [0.1, 0.15) is 19.8 Å². The van der Waals surface area contributed by atoms with E-state index >= 15 is 0 Å². The summed E-state index contributed by atoms with van der Waals surface area (Å²) in [6.07, 6.45) is 1.57. The Morgan fingerprint density at radius 2 is 1.79 bits per heavy atom. The molecule has 1 aliphatic heterocycles. The van der Waals surface area contributed by atoms with Crippen molar-refractivity contribution in [1.82, 2.24) is 9.62 Å². The molecule has 4 N–H and O–H groups in total. The van der Waals surface area contributed by atoms with Crippen LogP contribution in [0.5, 0.6) is 0 Å². The number of nitrogen functional groups attached to an aromatic ring is 1. The summed E-state index contributed by atoms with van der Waals surface area (Å²) in [7, 11) is -4.25. The minimum Gasteiger partial charge on any atom is -0.396 e. The molecule has 2 aromatic rings. The zero-order valence-electron chi connectivity index (χ0n) is 17.7. The number of amides is 1. The van der Waals surface area contributed by atoms with Crippen molar-refractivity contribution in [3.8, 4) is 0 Å². The first-order chi connectivity index (χ1) is 15.5. The SMILES string of the molecule is CC1CCN(C(=O)C(CNc2ccc(F)cc2F)NS(=O)(=O)c2cc(Cl)c(N)c(Cl)c2)CC1. The Labute approximate surface area is 201 Å². The predicted molar refractivity (Wildman–Crippen MR) is 125 cm³/mol. The molecule has 180 valence electrons. The highest BCUT2D eigenvalue weighted by Crippen LogP contribution is 2.31. The number of piperidine rings is 1. The highest BCUT2D eigenvalue weighted by Gasteiger charge is 2.31. The number of hydrogen-bond acceptors (Lipinski definition) is 5. The van der Waals surface area contributed by atoms with Gasteiger partial charge in [0.1, 0.15) is 17.7 Å². The van der Waals surface area contributed by atoms with Crippen molar-refractivity contribution >= 4 is 50.5 Å². The fraction of sp³-hybridized carbons (Fsp3) is 0.381. The first-order valence-corrected chi connectivity index (χ1v) is 12.5. The van der Waals surface area contributed by atoms with E-state index < -0.39 is 33.6 Å². The van der Waals surface area contributed by atoms with Gasteiger partial charge in [-0.3, -0.25) is 4.79 Å².